The number of furan rings is 1. The third-order valence-electron chi connectivity index (χ3n) is 3.78. The molecule has 24 heavy (non-hydrogen) atoms. The standard InChI is InChI=1S/C19H19ClN2O2/c20-19-16(8-4-10-21-19)13-22(12-15-6-2-1-3-7-15)14-17(23)18-9-5-11-24-18/h1-11,17,23H,12-14H2. The van der Waals surface area contributed by atoms with Crippen molar-refractivity contribution in [1.82, 2.24) is 9.88 Å². The fraction of sp³-hybridized carbons (Fsp3) is 0.211. The maximum Gasteiger partial charge on any atom is 0.133 e. The quantitative estimate of drug-likeness (QED) is 0.658. The van der Waals surface area contributed by atoms with Crippen LogP contribution in [0, 0.1) is 0 Å². The third kappa shape index (κ3) is 4.45. The van der Waals surface area contributed by atoms with Crippen molar-refractivity contribution in [3.8, 4) is 0 Å². The first-order valence-electron chi connectivity index (χ1n) is 7.79. The van der Waals surface area contributed by atoms with Gasteiger partial charge in [0, 0.05) is 31.4 Å². The van der Waals surface area contributed by atoms with Crippen LogP contribution < -0.4 is 0 Å². The van der Waals surface area contributed by atoms with Crippen LogP contribution >= 0.6 is 11.6 Å². The summed E-state index contributed by atoms with van der Waals surface area (Å²) in [6, 6.07) is 17.5. The molecule has 3 aromatic rings. The number of benzene rings is 1. The van der Waals surface area contributed by atoms with E-state index < -0.39 is 6.10 Å². The lowest BCUT2D eigenvalue weighted by Crippen LogP contribution is -2.28. The van der Waals surface area contributed by atoms with E-state index in [1.807, 2.05) is 30.3 Å². The van der Waals surface area contributed by atoms with Gasteiger partial charge in [-0.2, -0.15) is 0 Å². The molecular weight excluding hydrogens is 324 g/mol. The number of halogens is 1. The smallest absolute Gasteiger partial charge is 0.133 e. The lowest BCUT2D eigenvalue weighted by molar-refractivity contribution is 0.0872. The van der Waals surface area contributed by atoms with Crippen LogP contribution in [-0.4, -0.2) is 21.5 Å². The van der Waals surface area contributed by atoms with Crippen molar-refractivity contribution in [3.63, 3.8) is 0 Å². The van der Waals surface area contributed by atoms with Gasteiger partial charge in [0.25, 0.3) is 0 Å². The molecule has 2 heterocycles. The summed E-state index contributed by atoms with van der Waals surface area (Å²) in [7, 11) is 0. The minimum Gasteiger partial charge on any atom is -0.467 e. The number of nitrogens with zero attached hydrogens (tertiary/aromatic N) is 2. The lowest BCUT2D eigenvalue weighted by Gasteiger charge is -2.25. The van der Waals surface area contributed by atoms with Crippen LogP contribution in [0.25, 0.3) is 0 Å². The van der Waals surface area contributed by atoms with Crippen molar-refractivity contribution in [2.45, 2.75) is 19.2 Å². The molecule has 0 saturated heterocycles. The largest absolute Gasteiger partial charge is 0.467 e. The molecule has 124 valence electrons. The highest BCUT2D eigenvalue weighted by atomic mass is 35.5. The Bertz CT molecular complexity index is 747. The van der Waals surface area contributed by atoms with Gasteiger partial charge in [-0.25, -0.2) is 4.98 Å². The third-order valence-corrected chi connectivity index (χ3v) is 4.12. The van der Waals surface area contributed by atoms with Gasteiger partial charge in [0.2, 0.25) is 0 Å². The van der Waals surface area contributed by atoms with Gasteiger partial charge in [0.1, 0.15) is 17.0 Å². The molecule has 0 radical (unpaired) electrons. The molecule has 0 amide bonds. The zero-order chi connectivity index (χ0) is 16.8. The second-order valence-corrected chi connectivity index (χ2v) is 6.00. The number of aromatic nitrogens is 1. The van der Waals surface area contributed by atoms with E-state index in [4.69, 9.17) is 16.0 Å². The van der Waals surface area contributed by atoms with Gasteiger partial charge in [-0.3, -0.25) is 4.90 Å². The molecule has 1 aromatic carbocycles. The molecule has 4 nitrogen and oxygen atoms in total. The fourth-order valence-corrected chi connectivity index (χ4v) is 2.80. The number of hydrogen-bond donors (Lipinski definition) is 1. The summed E-state index contributed by atoms with van der Waals surface area (Å²) in [6.07, 6.45) is 2.54. The summed E-state index contributed by atoms with van der Waals surface area (Å²) in [5, 5.41) is 10.9. The first-order chi connectivity index (χ1) is 11.7. The normalized spacial score (nSPS) is 12.5. The highest BCUT2D eigenvalue weighted by molar-refractivity contribution is 6.30. The number of rotatable bonds is 7. The molecule has 1 unspecified atom stereocenters. The molecule has 1 N–H and O–H groups in total. The summed E-state index contributed by atoms with van der Waals surface area (Å²) in [5.41, 5.74) is 2.10. The second kappa shape index (κ2) is 8.11. The molecule has 1 atom stereocenters. The Morgan fingerprint density at radius 2 is 1.88 bits per heavy atom. The molecule has 3 rings (SSSR count). The summed E-state index contributed by atoms with van der Waals surface area (Å²) < 4.78 is 5.31. The van der Waals surface area contributed by atoms with Crippen molar-refractivity contribution in [1.29, 1.82) is 0 Å². The van der Waals surface area contributed by atoms with E-state index >= 15 is 0 Å². The highest BCUT2D eigenvalue weighted by Crippen LogP contribution is 2.20. The van der Waals surface area contributed by atoms with E-state index in [0.717, 1.165) is 5.56 Å². The maximum atomic E-state index is 10.4. The van der Waals surface area contributed by atoms with E-state index in [1.54, 1.807) is 24.6 Å². The van der Waals surface area contributed by atoms with E-state index in [1.165, 1.54) is 5.56 Å². The number of aliphatic hydroxyl groups is 1. The molecular formula is C19H19ClN2O2. The van der Waals surface area contributed by atoms with Crippen LogP contribution in [0.4, 0.5) is 0 Å². The topological polar surface area (TPSA) is 49.5 Å². The molecule has 0 aliphatic rings. The average molecular weight is 343 g/mol. The predicted octanol–water partition coefficient (Wildman–Crippen LogP) is 4.06. The Morgan fingerprint density at radius 1 is 1.04 bits per heavy atom. The van der Waals surface area contributed by atoms with Gasteiger partial charge >= 0.3 is 0 Å². The van der Waals surface area contributed by atoms with Crippen LogP contribution in [0.1, 0.15) is 23.0 Å². The van der Waals surface area contributed by atoms with Crippen molar-refractivity contribution in [2.24, 2.45) is 0 Å². The maximum absolute atomic E-state index is 10.4. The first-order valence-corrected chi connectivity index (χ1v) is 8.17. The zero-order valence-corrected chi connectivity index (χ0v) is 13.9. The van der Waals surface area contributed by atoms with Crippen molar-refractivity contribution in [3.05, 3.63) is 89.1 Å². The molecule has 0 spiro atoms. The van der Waals surface area contributed by atoms with Crippen LogP contribution in [0.5, 0.6) is 0 Å². The minimum atomic E-state index is -0.695. The Kier molecular flexibility index (Phi) is 5.64. The van der Waals surface area contributed by atoms with Gasteiger partial charge in [0.15, 0.2) is 0 Å². The predicted molar refractivity (Wildman–Crippen MR) is 93.5 cm³/mol. The van der Waals surface area contributed by atoms with Crippen LogP contribution in [0.3, 0.4) is 0 Å². The molecule has 0 fully saturated rings. The van der Waals surface area contributed by atoms with Crippen molar-refractivity contribution >= 4 is 11.6 Å². The van der Waals surface area contributed by atoms with Crippen LogP contribution in [0.15, 0.2) is 71.5 Å². The summed E-state index contributed by atoms with van der Waals surface area (Å²) in [4.78, 5) is 6.26. The van der Waals surface area contributed by atoms with E-state index in [0.29, 0.717) is 30.5 Å². The Morgan fingerprint density at radius 3 is 2.58 bits per heavy atom. The zero-order valence-electron chi connectivity index (χ0n) is 13.2. The van der Waals surface area contributed by atoms with Gasteiger partial charge in [-0.1, -0.05) is 48.0 Å². The van der Waals surface area contributed by atoms with Gasteiger partial charge in [0.05, 0.1) is 6.26 Å². The fourth-order valence-electron chi connectivity index (χ4n) is 2.62. The molecule has 2 aromatic heterocycles. The molecule has 0 bridgehead atoms. The minimum absolute atomic E-state index is 0.438. The molecule has 0 saturated carbocycles. The van der Waals surface area contributed by atoms with E-state index in [-0.39, 0.29) is 0 Å². The van der Waals surface area contributed by atoms with Crippen LogP contribution in [-0.2, 0) is 13.1 Å². The molecule has 0 aliphatic carbocycles. The number of pyridine rings is 1. The van der Waals surface area contributed by atoms with Crippen LogP contribution in [0.2, 0.25) is 5.15 Å². The van der Waals surface area contributed by atoms with E-state index in [2.05, 4.69) is 22.0 Å². The van der Waals surface area contributed by atoms with Gasteiger partial charge < -0.3 is 9.52 Å². The monoisotopic (exact) mass is 342 g/mol. The Balaban J connectivity index is 1.76. The van der Waals surface area contributed by atoms with Crippen molar-refractivity contribution in [2.75, 3.05) is 6.54 Å². The number of hydrogen-bond acceptors (Lipinski definition) is 4. The summed E-state index contributed by atoms with van der Waals surface area (Å²) in [6.45, 7) is 1.73. The Hall–Kier alpha value is -2.14. The summed E-state index contributed by atoms with van der Waals surface area (Å²) in [5.74, 6) is 0.561. The second-order valence-electron chi connectivity index (χ2n) is 5.64. The first kappa shape index (κ1) is 16.7. The number of aliphatic hydroxyl groups excluding tert-OH is 1. The lowest BCUT2D eigenvalue weighted by atomic mass is 10.1. The van der Waals surface area contributed by atoms with Gasteiger partial charge in [-0.05, 0) is 23.8 Å². The van der Waals surface area contributed by atoms with Gasteiger partial charge in [-0.15, -0.1) is 0 Å². The highest BCUT2D eigenvalue weighted by Gasteiger charge is 2.17. The summed E-state index contributed by atoms with van der Waals surface area (Å²) >= 11 is 6.19. The van der Waals surface area contributed by atoms with Crippen molar-refractivity contribution < 1.29 is 9.52 Å². The Labute approximate surface area is 146 Å². The van der Waals surface area contributed by atoms with E-state index in [9.17, 15) is 5.11 Å². The SMILES string of the molecule is OC(CN(Cc1ccccc1)Cc1cccnc1Cl)c1ccco1. The molecule has 5 heteroatoms. The molecule has 0 aliphatic heterocycles. The average Bonchev–Trinajstić information content (AvgIpc) is 3.12.